The number of ether oxygens (including phenoxy) is 1. The first-order chi connectivity index (χ1) is 13.0. The first-order valence-electron chi connectivity index (χ1n) is 8.34. The molecule has 27 heavy (non-hydrogen) atoms. The number of rotatable bonds is 4. The summed E-state index contributed by atoms with van der Waals surface area (Å²) in [6.45, 7) is 1.31. The Labute approximate surface area is 163 Å². The van der Waals surface area contributed by atoms with Crippen LogP contribution in [0.1, 0.15) is 24.8 Å². The number of anilines is 1. The topological polar surface area (TPSA) is 92.3 Å². The highest BCUT2D eigenvalue weighted by molar-refractivity contribution is 9.10. The largest absolute Gasteiger partial charge is 0.489 e. The number of methoxy groups -OCH3 is 1. The van der Waals surface area contributed by atoms with Crippen LogP contribution in [0.15, 0.2) is 22.7 Å². The lowest BCUT2D eigenvalue weighted by atomic mass is 10.1. The molecular formula is C18H16BrFN4O3. The van der Waals surface area contributed by atoms with Crippen molar-refractivity contribution in [1.82, 2.24) is 4.98 Å². The summed E-state index contributed by atoms with van der Waals surface area (Å²) in [7, 11) is 1.34. The number of benzene rings is 1. The molecule has 0 aliphatic carbocycles. The third-order valence-corrected chi connectivity index (χ3v) is 5.19. The molecule has 0 saturated carbocycles. The molecule has 1 aromatic carbocycles. The van der Waals surface area contributed by atoms with Gasteiger partial charge in [0, 0.05) is 18.7 Å². The van der Waals surface area contributed by atoms with Crippen LogP contribution in [0.3, 0.4) is 0 Å². The van der Waals surface area contributed by atoms with E-state index in [0.717, 1.165) is 19.3 Å². The van der Waals surface area contributed by atoms with E-state index in [4.69, 9.17) is 10.00 Å². The number of nitro groups is 1. The fourth-order valence-electron chi connectivity index (χ4n) is 3.14. The van der Waals surface area contributed by atoms with Gasteiger partial charge in [-0.05, 0) is 47.3 Å². The summed E-state index contributed by atoms with van der Waals surface area (Å²) >= 11 is 3.32. The van der Waals surface area contributed by atoms with Crippen LogP contribution in [0, 0.1) is 27.3 Å². The molecule has 0 spiro atoms. The Hall–Kier alpha value is -2.73. The molecule has 1 aromatic heterocycles. The summed E-state index contributed by atoms with van der Waals surface area (Å²) in [6.07, 6.45) is 2.89. The standard InChI is InChI=1S/C18H16BrFN4O3/c1-27-17-14(19)15(11-5-6-12(10-21)13(20)9-11)22-18(16(17)24(25)26)23-7-3-2-4-8-23/h5-6,9H,2-4,7-8H2,1H3. The molecule has 1 aliphatic rings. The van der Waals surface area contributed by atoms with Crippen LogP contribution in [0.5, 0.6) is 5.75 Å². The number of nitrogens with zero attached hydrogens (tertiary/aromatic N) is 4. The van der Waals surface area contributed by atoms with Gasteiger partial charge in [-0.3, -0.25) is 10.1 Å². The van der Waals surface area contributed by atoms with Gasteiger partial charge in [-0.2, -0.15) is 5.26 Å². The summed E-state index contributed by atoms with van der Waals surface area (Å²) in [4.78, 5) is 17.6. The number of halogens is 2. The molecule has 2 aromatic rings. The zero-order valence-electron chi connectivity index (χ0n) is 14.5. The average Bonchev–Trinajstić information content (AvgIpc) is 2.68. The Morgan fingerprint density at radius 2 is 2.07 bits per heavy atom. The Morgan fingerprint density at radius 3 is 2.63 bits per heavy atom. The van der Waals surface area contributed by atoms with Gasteiger partial charge in [0.15, 0.2) is 0 Å². The first kappa shape index (κ1) is 19.0. The van der Waals surface area contributed by atoms with Gasteiger partial charge in [0.2, 0.25) is 11.6 Å². The third-order valence-electron chi connectivity index (χ3n) is 4.46. The molecule has 1 saturated heterocycles. The summed E-state index contributed by atoms with van der Waals surface area (Å²) in [5.74, 6) is -0.435. The molecule has 0 atom stereocenters. The molecule has 0 radical (unpaired) electrons. The minimum absolute atomic E-state index is 0.0374. The summed E-state index contributed by atoms with van der Waals surface area (Å²) in [6, 6.07) is 5.87. The van der Waals surface area contributed by atoms with Crippen molar-refractivity contribution < 1.29 is 14.1 Å². The van der Waals surface area contributed by atoms with E-state index < -0.39 is 10.7 Å². The summed E-state index contributed by atoms with van der Waals surface area (Å²) < 4.78 is 19.7. The number of nitriles is 1. The average molecular weight is 435 g/mol. The second-order valence-corrected chi connectivity index (χ2v) is 6.88. The minimum Gasteiger partial charge on any atom is -0.489 e. The summed E-state index contributed by atoms with van der Waals surface area (Å²) in [5, 5.41) is 20.6. The van der Waals surface area contributed by atoms with E-state index in [-0.39, 0.29) is 27.3 Å². The van der Waals surface area contributed by atoms with Gasteiger partial charge in [0.05, 0.1) is 27.8 Å². The van der Waals surface area contributed by atoms with Crippen molar-refractivity contribution in [2.24, 2.45) is 0 Å². The van der Waals surface area contributed by atoms with E-state index in [1.807, 2.05) is 4.90 Å². The predicted molar refractivity (Wildman–Crippen MR) is 101 cm³/mol. The van der Waals surface area contributed by atoms with E-state index in [9.17, 15) is 14.5 Å². The van der Waals surface area contributed by atoms with Crippen molar-refractivity contribution in [2.75, 3.05) is 25.1 Å². The number of aromatic nitrogens is 1. The highest BCUT2D eigenvalue weighted by atomic mass is 79.9. The number of pyridine rings is 1. The fraction of sp³-hybridized carbons (Fsp3) is 0.333. The molecular weight excluding hydrogens is 419 g/mol. The molecule has 0 N–H and O–H groups in total. The second kappa shape index (κ2) is 7.88. The lowest BCUT2D eigenvalue weighted by molar-refractivity contribution is -0.385. The zero-order chi connectivity index (χ0) is 19.6. The fourth-order valence-corrected chi connectivity index (χ4v) is 3.81. The van der Waals surface area contributed by atoms with E-state index in [2.05, 4.69) is 20.9 Å². The zero-order valence-corrected chi connectivity index (χ0v) is 16.1. The lowest BCUT2D eigenvalue weighted by Gasteiger charge is -2.28. The molecule has 0 amide bonds. The maximum absolute atomic E-state index is 14.1. The van der Waals surface area contributed by atoms with Gasteiger partial charge in [0.1, 0.15) is 11.9 Å². The maximum atomic E-state index is 14.1. The van der Waals surface area contributed by atoms with Gasteiger partial charge < -0.3 is 9.64 Å². The molecule has 0 unspecified atom stereocenters. The van der Waals surface area contributed by atoms with Crippen LogP contribution in [-0.4, -0.2) is 30.1 Å². The number of piperidine rings is 1. The highest BCUT2D eigenvalue weighted by Gasteiger charge is 2.32. The smallest absolute Gasteiger partial charge is 0.354 e. The van der Waals surface area contributed by atoms with Crippen LogP contribution >= 0.6 is 15.9 Å². The lowest BCUT2D eigenvalue weighted by Crippen LogP contribution is -2.31. The van der Waals surface area contributed by atoms with Crippen LogP contribution in [0.2, 0.25) is 0 Å². The Bertz CT molecular complexity index is 939. The van der Waals surface area contributed by atoms with Gasteiger partial charge in [-0.1, -0.05) is 6.07 Å². The monoisotopic (exact) mass is 434 g/mol. The van der Waals surface area contributed by atoms with Crippen molar-refractivity contribution >= 4 is 27.4 Å². The van der Waals surface area contributed by atoms with E-state index in [1.165, 1.54) is 19.2 Å². The van der Waals surface area contributed by atoms with Gasteiger partial charge in [-0.15, -0.1) is 0 Å². The molecule has 1 aliphatic heterocycles. The summed E-state index contributed by atoms with van der Waals surface area (Å²) in [5.41, 5.74) is 0.412. The third kappa shape index (κ3) is 3.57. The number of hydrogen-bond donors (Lipinski definition) is 0. The quantitative estimate of drug-likeness (QED) is 0.521. The molecule has 0 bridgehead atoms. The molecule has 140 valence electrons. The van der Waals surface area contributed by atoms with Crippen LogP contribution in [-0.2, 0) is 0 Å². The number of hydrogen-bond acceptors (Lipinski definition) is 6. The molecule has 9 heteroatoms. The maximum Gasteiger partial charge on any atom is 0.354 e. The predicted octanol–water partition coefficient (Wildman–Crippen LogP) is 4.43. The SMILES string of the molecule is COc1c(Br)c(-c2ccc(C#N)c(F)c2)nc(N2CCCCC2)c1[N+](=O)[O-]. The van der Waals surface area contributed by atoms with E-state index in [0.29, 0.717) is 24.3 Å². The Kier molecular flexibility index (Phi) is 5.56. The first-order valence-corrected chi connectivity index (χ1v) is 9.14. The second-order valence-electron chi connectivity index (χ2n) is 6.09. The van der Waals surface area contributed by atoms with Crippen molar-refractivity contribution in [3.8, 4) is 23.1 Å². The van der Waals surface area contributed by atoms with Crippen molar-refractivity contribution in [3.05, 3.63) is 44.2 Å². The molecule has 7 nitrogen and oxygen atoms in total. The van der Waals surface area contributed by atoms with Gasteiger partial charge >= 0.3 is 5.69 Å². The van der Waals surface area contributed by atoms with Crippen molar-refractivity contribution in [3.63, 3.8) is 0 Å². The van der Waals surface area contributed by atoms with Gasteiger partial charge in [0.25, 0.3) is 0 Å². The minimum atomic E-state index is -0.680. The van der Waals surface area contributed by atoms with Crippen LogP contribution in [0.25, 0.3) is 11.3 Å². The van der Waals surface area contributed by atoms with Gasteiger partial charge in [-0.25, -0.2) is 9.37 Å². The molecule has 2 heterocycles. The Morgan fingerprint density at radius 1 is 1.37 bits per heavy atom. The van der Waals surface area contributed by atoms with Crippen LogP contribution < -0.4 is 9.64 Å². The Balaban J connectivity index is 2.24. The van der Waals surface area contributed by atoms with E-state index >= 15 is 0 Å². The molecule has 3 rings (SSSR count). The van der Waals surface area contributed by atoms with Crippen molar-refractivity contribution in [1.29, 1.82) is 5.26 Å². The van der Waals surface area contributed by atoms with Crippen molar-refractivity contribution in [2.45, 2.75) is 19.3 Å². The normalized spacial score (nSPS) is 13.9. The molecule has 1 fully saturated rings. The van der Waals surface area contributed by atoms with E-state index in [1.54, 1.807) is 12.1 Å². The highest BCUT2D eigenvalue weighted by Crippen LogP contribution is 2.46. The van der Waals surface area contributed by atoms with Crippen LogP contribution in [0.4, 0.5) is 15.9 Å².